The average Bonchev–Trinajstić information content (AvgIpc) is 2.61. The number of benzene rings is 1. The van der Waals surface area contributed by atoms with E-state index in [4.69, 9.17) is 18.0 Å². The van der Waals surface area contributed by atoms with Gasteiger partial charge in [-0.3, -0.25) is 9.80 Å². The summed E-state index contributed by atoms with van der Waals surface area (Å²) >= 11 is 5.84. The summed E-state index contributed by atoms with van der Waals surface area (Å²) in [6.07, 6.45) is 7.62. The molecule has 3 heterocycles. The second kappa shape index (κ2) is 8.28. The van der Waals surface area contributed by atoms with E-state index < -0.39 is 10.0 Å². The first-order valence-electron chi connectivity index (χ1n) is 9.00. The van der Waals surface area contributed by atoms with E-state index in [9.17, 15) is 8.42 Å². The SMILES string of the molecule is C#CCN(C)C[C@@H]1CN2CC[C@H]1C[C@@H]2CNS(=O)(=O)c1ccc(Cl)cc1. The molecule has 0 aromatic heterocycles. The fraction of sp³-hybridized carbons (Fsp3) is 0.579. The van der Waals surface area contributed by atoms with Gasteiger partial charge in [-0.2, -0.15) is 0 Å². The van der Waals surface area contributed by atoms with Crippen molar-refractivity contribution in [3.05, 3.63) is 29.3 Å². The van der Waals surface area contributed by atoms with Crippen molar-refractivity contribution in [2.75, 3.05) is 39.8 Å². The van der Waals surface area contributed by atoms with Gasteiger partial charge in [0.25, 0.3) is 0 Å². The number of hydrogen-bond donors (Lipinski definition) is 1. The summed E-state index contributed by atoms with van der Waals surface area (Å²) in [7, 11) is -1.43. The normalized spacial score (nSPS) is 28.2. The minimum absolute atomic E-state index is 0.256. The Morgan fingerprint density at radius 3 is 2.73 bits per heavy atom. The summed E-state index contributed by atoms with van der Waals surface area (Å²) < 4.78 is 27.7. The fourth-order valence-corrected chi connectivity index (χ4v) is 5.39. The van der Waals surface area contributed by atoms with Crippen LogP contribution in [-0.4, -0.2) is 64.0 Å². The summed E-state index contributed by atoms with van der Waals surface area (Å²) in [6.45, 7) is 4.21. The molecule has 4 atom stereocenters. The molecule has 0 amide bonds. The Morgan fingerprint density at radius 2 is 2.12 bits per heavy atom. The topological polar surface area (TPSA) is 52.6 Å². The van der Waals surface area contributed by atoms with Gasteiger partial charge in [0.1, 0.15) is 0 Å². The first-order valence-corrected chi connectivity index (χ1v) is 10.9. The molecule has 3 fully saturated rings. The van der Waals surface area contributed by atoms with Gasteiger partial charge in [0.2, 0.25) is 10.0 Å². The number of rotatable bonds is 7. The van der Waals surface area contributed by atoms with E-state index in [1.807, 2.05) is 0 Å². The van der Waals surface area contributed by atoms with E-state index in [0.29, 0.717) is 29.9 Å². The molecule has 0 aliphatic carbocycles. The third-order valence-corrected chi connectivity index (χ3v) is 7.25. The smallest absolute Gasteiger partial charge is 0.240 e. The molecule has 3 aliphatic rings. The number of hydrogen-bond acceptors (Lipinski definition) is 4. The van der Waals surface area contributed by atoms with Gasteiger partial charge in [-0.25, -0.2) is 13.1 Å². The van der Waals surface area contributed by atoms with Crippen LogP contribution in [0.15, 0.2) is 29.2 Å². The largest absolute Gasteiger partial charge is 0.299 e. The third kappa shape index (κ3) is 4.59. The first-order chi connectivity index (χ1) is 12.4. The van der Waals surface area contributed by atoms with Crippen molar-refractivity contribution < 1.29 is 8.42 Å². The number of piperidine rings is 3. The summed E-state index contributed by atoms with van der Waals surface area (Å²) in [5.74, 6) is 3.95. The second-order valence-electron chi connectivity index (χ2n) is 7.40. The lowest BCUT2D eigenvalue weighted by molar-refractivity contribution is -0.00623. The highest BCUT2D eigenvalue weighted by Gasteiger charge is 2.40. The lowest BCUT2D eigenvalue weighted by Crippen LogP contribution is -2.58. The van der Waals surface area contributed by atoms with Gasteiger partial charge < -0.3 is 0 Å². The molecule has 4 rings (SSSR count). The Kier molecular flexibility index (Phi) is 6.26. The highest BCUT2D eigenvalue weighted by molar-refractivity contribution is 7.89. The lowest BCUT2D eigenvalue weighted by atomic mass is 9.75. The van der Waals surface area contributed by atoms with Crippen molar-refractivity contribution in [3.63, 3.8) is 0 Å². The van der Waals surface area contributed by atoms with Crippen molar-refractivity contribution in [3.8, 4) is 12.3 Å². The predicted octanol–water partition coefficient (Wildman–Crippen LogP) is 1.89. The highest BCUT2D eigenvalue weighted by atomic mass is 35.5. The Morgan fingerprint density at radius 1 is 1.38 bits per heavy atom. The maximum absolute atomic E-state index is 12.5. The average molecular weight is 396 g/mol. The molecular weight excluding hydrogens is 370 g/mol. The molecule has 1 aromatic carbocycles. The first kappa shape index (κ1) is 19.7. The van der Waals surface area contributed by atoms with Crippen LogP contribution in [0.2, 0.25) is 5.02 Å². The van der Waals surface area contributed by atoms with Crippen molar-refractivity contribution >= 4 is 21.6 Å². The molecule has 5 nitrogen and oxygen atoms in total. The van der Waals surface area contributed by atoms with Gasteiger partial charge in [-0.1, -0.05) is 17.5 Å². The van der Waals surface area contributed by atoms with Crippen LogP contribution in [-0.2, 0) is 10.0 Å². The highest BCUT2D eigenvalue weighted by Crippen LogP contribution is 2.36. The lowest BCUT2D eigenvalue weighted by Gasteiger charge is -2.50. The number of fused-ring (bicyclic) bond motifs is 3. The van der Waals surface area contributed by atoms with Crippen molar-refractivity contribution in [2.24, 2.45) is 11.8 Å². The van der Waals surface area contributed by atoms with Crippen LogP contribution in [0.1, 0.15) is 12.8 Å². The number of nitrogens with zero attached hydrogens (tertiary/aromatic N) is 2. The molecule has 142 valence electrons. The number of halogens is 1. The third-order valence-electron chi connectivity index (χ3n) is 5.55. The van der Waals surface area contributed by atoms with Crippen molar-refractivity contribution in [1.82, 2.24) is 14.5 Å². The fourth-order valence-electron chi connectivity index (χ4n) is 4.19. The molecule has 26 heavy (non-hydrogen) atoms. The van der Waals surface area contributed by atoms with Crippen LogP contribution < -0.4 is 4.72 Å². The molecule has 1 unspecified atom stereocenters. The standard InChI is InChI=1S/C19H26ClN3O2S/c1-3-9-22(2)13-16-14-23-10-8-15(16)11-18(23)12-21-26(24,25)19-6-4-17(20)5-7-19/h1,4-7,15-16,18,21H,8-14H2,2H3/t15-,16+,18+/m0/s1. The van der Waals surface area contributed by atoms with Gasteiger partial charge in [0.15, 0.2) is 0 Å². The molecule has 1 aromatic rings. The van der Waals surface area contributed by atoms with Crippen LogP contribution >= 0.6 is 11.6 Å². The summed E-state index contributed by atoms with van der Waals surface area (Å²) in [5, 5.41) is 0.528. The molecule has 7 heteroatoms. The van der Waals surface area contributed by atoms with Crippen LogP contribution in [0.4, 0.5) is 0 Å². The summed E-state index contributed by atoms with van der Waals surface area (Å²) in [6, 6.07) is 6.54. The van der Waals surface area contributed by atoms with Crippen LogP contribution in [0.3, 0.4) is 0 Å². The summed E-state index contributed by atoms with van der Waals surface area (Å²) in [4.78, 5) is 4.88. The predicted molar refractivity (Wildman–Crippen MR) is 105 cm³/mol. The second-order valence-corrected chi connectivity index (χ2v) is 9.60. The molecule has 0 spiro atoms. The van der Waals surface area contributed by atoms with E-state index in [1.54, 1.807) is 12.1 Å². The number of nitrogens with one attached hydrogen (secondary N) is 1. The van der Waals surface area contributed by atoms with Gasteiger partial charge in [0, 0.05) is 30.7 Å². The zero-order valence-corrected chi connectivity index (χ0v) is 16.6. The quantitative estimate of drug-likeness (QED) is 0.716. The van der Waals surface area contributed by atoms with Gasteiger partial charge in [-0.05, 0) is 62.5 Å². The van der Waals surface area contributed by atoms with E-state index in [1.165, 1.54) is 18.6 Å². The number of terminal acetylenes is 1. The monoisotopic (exact) mass is 395 g/mol. The van der Waals surface area contributed by atoms with E-state index >= 15 is 0 Å². The minimum atomic E-state index is -3.50. The molecule has 0 radical (unpaired) electrons. The molecule has 3 saturated heterocycles. The van der Waals surface area contributed by atoms with E-state index in [-0.39, 0.29) is 10.9 Å². The van der Waals surface area contributed by atoms with Crippen LogP contribution in [0.5, 0.6) is 0 Å². The molecule has 1 N–H and O–H groups in total. The number of sulfonamides is 1. The zero-order valence-electron chi connectivity index (χ0n) is 15.1. The molecule has 3 aliphatic heterocycles. The van der Waals surface area contributed by atoms with E-state index in [0.717, 1.165) is 26.1 Å². The zero-order chi connectivity index (χ0) is 18.7. The minimum Gasteiger partial charge on any atom is -0.299 e. The Bertz CT molecular complexity index is 760. The van der Waals surface area contributed by atoms with Gasteiger partial charge in [-0.15, -0.1) is 6.42 Å². The van der Waals surface area contributed by atoms with Crippen LogP contribution in [0, 0.1) is 24.2 Å². The molecule has 2 bridgehead atoms. The molecular formula is C19H26ClN3O2S. The maximum atomic E-state index is 12.5. The van der Waals surface area contributed by atoms with Gasteiger partial charge in [0.05, 0.1) is 11.4 Å². The van der Waals surface area contributed by atoms with Gasteiger partial charge >= 0.3 is 0 Å². The van der Waals surface area contributed by atoms with Crippen molar-refractivity contribution in [2.45, 2.75) is 23.8 Å². The van der Waals surface area contributed by atoms with Crippen LogP contribution in [0.25, 0.3) is 0 Å². The Balaban J connectivity index is 1.56. The Hall–Kier alpha value is -1.10. The maximum Gasteiger partial charge on any atom is 0.240 e. The summed E-state index contributed by atoms with van der Waals surface area (Å²) in [5.41, 5.74) is 0. The van der Waals surface area contributed by atoms with E-state index in [2.05, 4.69) is 27.5 Å². The molecule has 0 saturated carbocycles. The van der Waals surface area contributed by atoms with Crippen molar-refractivity contribution in [1.29, 1.82) is 0 Å². The Labute approximate surface area is 161 Å².